The first-order valence-electron chi connectivity index (χ1n) is 7.06. The fourth-order valence-electron chi connectivity index (χ4n) is 2.72. The molecule has 1 aromatic carbocycles. The molecule has 0 bridgehead atoms. The van der Waals surface area contributed by atoms with E-state index in [1.165, 1.54) is 30.0 Å². The number of rotatable bonds is 5. The van der Waals surface area contributed by atoms with E-state index in [1.807, 2.05) is 6.20 Å². The molecule has 1 aliphatic carbocycles. The molecule has 0 aliphatic heterocycles. The molecule has 1 fully saturated rings. The molecule has 0 radical (unpaired) electrons. The topological polar surface area (TPSA) is 16.1 Å². The summed E-state index contributed by atoms with van der Waals surface area (Å²) >= 11 is 5.87. The maximum atomic E-state index is 5.87. The summed E-state index contributed by atoms with van der Waals surface area (Å²) in [6, 6.07) is 11.2. The maximum Gasteiger partial charge on any atom is 0.136 e. The van der Waals surface area contributed by atoms with Gasteiger partial charge >= 0.3 is 0 Å². The Morgan fingerprint density at radius 1 is 1.21 bits per heavy atom. The van der Waals surface area contributed by atoms with Crippen LogP contribution in [0.15, 0.2) is 36.5 Å². The number of alkyl halides is 1. The molecule has 19 heavy (non-hydrogen) atoms. The van der Waals surface area contributed by atoms with Crippen LogP contribution in [0.2, 0.25) is 0 Å². The van der Waals surface area contributed by atoms with Crippen molar-refractivity contribution in [3.8, 4) is 0 Å². The molecule has 0 spiro atoms. The smallest absolute Gasteiger partial charge is 0.136 e. The number of aromatic nitrogens is 1. The largest absolute Gasteiger partial charge is 0.353 e. The Labute approximate surface area is 119 Å². The highest BCUT2D eigenvalue weighted by Crippen LogP contribution is 2.32. The van der Waals surface area contributed by atoms with Crippen molar-refractivity contribution in [1.29, 1.82) is 0 Å². The molecule has 1 heterocycles. The lowest BCUT2D eigenvalue weighted by atomic mass is 9.91. The third kappa shape index (κ3) is 2.55. The highest BCUT2D eigenvalue weighted by Gasteiger charge is 2.26. The Morgan fingerprint density at radius 2 is 2.05 bits per heavy atom. The molecular formula is C16H19ClN2. The average Bonchev–Trinajstić information content (AvgIpc) is 2.41. The lowest BCUT2D eigenvalue weighted by Gasteiger charge is -2.39. The van der Waals surface area contributed by atoms with E-state index < -0.39 is 0 Å². The highest BCUT2D eigenvalue weighted by molar-refractivity contribution is 6.17. The van der Waals surface area contributed by atoms with Crippen LogP contribution in [0.4, 0.5) is 5.82 Å². The zero-order chi connectivity index (χ0) is 13.1. The molecule has 2 nitrogen and oxygen atoms in total. The first-order valence-corrected chi connectivity index (χ1v) is 7.60. The van der Waals surface area contributed by atoms with Crippen molar-refractivity contribution >= 4 is 28.2 Å². The molecular weight excluding hydrogens is 256 g/mol. The van der Waals surface area contributed by atoms with E-state index in [9.17, 15) is 0 Å². The summed E-state index contributed by atoms with van der Waals surface area (Å²) in [6.07, 6.45) is 6.85. The summed E-state index contributed by atoms with van der Waals surface area (Å²) in [7, 11) is 0. The summed E-state index contributed by atoms with van der Waals surface area (Å²) in [6.45, 7) is 1.01. The number of pyridine rings is 1. The van der Waals surface area contributed by atoms with Crippen LogP contribution >= 0.6 is 11.6 Å². The van der Waals surface area contributed by atoms with Gasteiger partial charge in [0.05, 0.1) is 0 Å². The van der Waals surface area contributed by atoms with Crippen LogP contribution in [0.3, 0.4) is 0 Å². The summed E-state index contributed by atoms with van der Waals surface area (Å²) in [5.74, 6) is 1.85. The van der Waals surface area contributed by atoms with Gasteiger partial charge in [-0.25, -0.2) is 4.98 Å². The van der Waals surface area contributed by atoms with Crippen LogP contribution in [0.1, 0.15) is 25.7 Å². The highest BCUT2D eigenvalue weighted by atomic mass is 35.5. The second kappa shape index (κ2) is 5.79. The fourth-order valence-corrected chi connectivity index (χ4v) is 2.84. The summed E-state index contributed by atoms with van der Waals surface area (Å²) in [5.41, 5.74) is 0. The summed E-state index contributed by atoms with van der Waals surface area (Å²) in [5, 5.41) is 2.52. The standard InChI is InChI=1S/C16H19ClN2/c17-10-4-12-19(14-6-3-7-14)16-15-8-2-1-5-13(15)9-11-18-16/h1-2,5,8-9,11,14H,3-4,6-7,10,12H2. The van der Waals surface area contributed by atoms with Crippen LogP contribution in [-0.2, 0) is 0 Å². The molecule has 1 saturated carbocycles. The van der Waals surface area contributed by atoms with Crippen molar-refractivity contribution in [2.24, 2.45) is 0 Å². The van der Waals surface area contributed by atoms with Crippen LogP contribution in [0.25, 0.3) is 10.8 Å². The molecule has 3 heteroatoms. The number of fused-ring (bicyclic) bond motifs is 1. The quantitative estimate of drug-likeness (QED) is 0.759. The van der Waals surface area contributed by atoms with E-state index in [2.05, 4.69) is 40.2 Å². The first kappa shape index (κ1) is 12.7. The number of nitrogens with zero attached hydrogens (tertiary/aromatic N) is 2. The summed E-state index contributed by atoms with van der Waals surface area (Å²) in [4.78, 5) is 7.11. The number of anilines is 1. The van der Waals surface area contributed by atoms with E-state index in [1.54, 1.807) is 0 Å². The van der Waals surface area contributed by atoms with Gasteiger partial charge in [0.25, 0.3) is 0 Å². The summed E-state index contributed by atoms with van der Waals surface area (Å²) < 4.78 is 0. The van der Waals surface area contributed by atoms with E-state index >= 15 is 0 Å². The van der Waals surface area contributed by atoms with E-state index in [-0.39, 0.29) is 0 Å². The van der Waals surface area contributed by atoms with E-state index in [0.717, 1.165) is 18.8 Å². The molecule has 0 unspecified atom stereocenters. The lowest BCUT2D eigenvalue weighted by molar-refractivity contribution is 0.384. The normalized spacial score (nSPS) is 15.4. The maximum absolute atomic E-state index is 5.87. The van der Waals surface area contributed by atoms with Gasteiger partial charge in [-0.1, -0.05) is 24.3 Å². The van der Waals surface area contributed by atoms with Gasteiger partial charge in [0.2, 0.25) is 0 Å². The SMILES string of the molecule is ClCCCN(c1nccc2ccccc12)C1CCC1. The minimum atomic E-state index is 0.654. The number of halogens is 1. The molecule has 1 aliphatic rings. The Kier molecular flexibility index (Phi) is 3.88. The van der Waals surface area contributed by atoms with Gasteiger partial charge in [-0.15, -0.1) is 11.6 Å². The predicted molar refractivity (Wildman–Crippen MR) is 82.1 cm³/mol. The van der Waals surface area contributed by atoms with Crippen LogP contribution in [-0.4, -0.2) is 23.5 Å². The molecule has 3 rings (SSSR count). The minimum absolute atomic E-state index is 0.654. The Hall–Kier alpha value is -1.28. The van der Waals surface area contributed by atoms with Gasteiger partial charge in [-0.3, -0.25) is 0 Å². The average molecular weight is 275 g/mol. The molecule has 0 N–H and O–H groups in total. The van der Waals surface area contributed by atoms with E-state index in [0.29, 0.717) is 11.9 Å². The van der Waals surface area contributed by atoms with Crippen molar-refractivity contribution in [1.82, 2.24) is 4.98 Å². The van der Waals surface area contributed by atoms with Gasteiger partial charge < -0.3 is 4.90 Å². The zero-order valence-electron chi connectivity index (χ0n) is 11.1. The second-order valence-electron chi connectivity index (χ2n) is 5.18. The molecule has 100 valence electrons. The third-order valence-corrected chi connectivity index (χ3v) is 4.24. The van der Waals surface area contributed by atoms with Gasteiger partial charge in [0.1, 0.15) is 5.82 Å². The van der Waals surface area contributed by atoms with Crippen LogP contribution in [0, 0.1) is 0 Å². The molecule has 0 atom stereocenters. The number of hydrogen-bond acceptors (Lipinski definition) is 2. The molecule has 0 saturated heterocycles. The molecule has 2 aromatic rings. The predicted octanol–water partition coefficient (Wildman–Crippen LogP) is 4.22. The van der Waals surface area contributed by atoms with Gasteiger partial charge in [-0.2, -0.15) is 0 Å². The molecule has 1 aromatic heterocycles. The van der Waals surface area contributed by atoms with Gasteiger partial charge in [-0.05, 0) is 37.1 Å². The van der Waals surface area contributed by atoms with Crippen molar-refractivity contribution < 1.29 is 0 Å². The van der Waals surface area contributed by atoms with Crippen molar-refractivity contribution in [3.63, 3.8) is 0 Å². The zero-order valence-corrected chi connectivity index (χ0v) is 11.8. The van der Waals surface area contributed by atoms with Crippen molar-refractivity contribution in [2.75, 3.05) is 17.3 Å². The Balaban J connectivity index is 1.98. The third-order valence-electron chi connectivity index (χ3n) is 3.97. The Bertz CT molecular complexity index is 546. The van der Waals surface area contributed by atoms with Crippen LogP contribution < -0.4 is 4.90 Å². The van der Waals surface area contributed by atoms with E-state index in [4.69, 9.17) is 11.6 Å². The van der Waals surface area contributed by atoms with Crippen LogP contribution in [0.5, 0.6) is 0 Å². The second-order valence-corrected chi connectivity index (χ2v) is 5.55. The lowest BCUT2D eigenvalue weighted by Crippen LogP contribution is -2.41. The van der Waals surface area contributed by atoms with Crippen molar-refractivity contribution in [2.45, 2.75) is 31.7 Å². The molecule has 0 amide bonds. The minimum Gasteiger partial charge on any atom is -0.353 e. The van der Waals surface area contributed by atoms with Crippen molar-refractivity contribution in [3.05, 3.63) is 36.5 Å². The number of benzene rings is 1. The monoisotopic (exact) mass is 274 g/mol. The first-order chi connectivity index (χ1) is 9.40. The number of hydrogen-bond donors (Lipinski definition) is 0. The Morgan fingerprint density at radius 3 is 2.79 bits per heavy atom. The fraction of sp³-hybridized carbons (Fsp3) is 0.438. The van der Waals surface area contributed by atoms with Gasteiger partial charge in [0, 0.05) is 30.0 Å². The van der Waals surface area contributed by atoms with Gasteiger partial charge in [0.15, 0.2) is 0 Å².